The van der Waals surface area contributed by atoms with Gasteiger partial charge in [-0.15, -0.1) is 0 Å². The van der Waals surface area contributed by atoms with Crippen LogP contribution >= 0.6 is 0 Å². The standard InChI is InChI=1S/C18H26N4O3/c1-4-5-14(3)22-12-18(25-17(22)24)6-8-21(9-7-18)16(23)15-11-19-13(2)10-20-15/h10-11,14H,4-9,12H2,1-3H3/t14-/m0/s1. The predicted octanol–water partition coefficient (Wildman–Crippen LogP) is 2.40. The Morgan fingerprint density at radius 1 is 1.32 bits per heavy atom. The molecule has 0 unspecified atom stereocenters. The Morgan fingerprint density at radius 2 is 2.04 bits per heavy atom. The van der Waals surface area contributed by atoms with Crippen molar-refractivity contribution in [3.8, 4) is 0 Å². The van der Waals surface area contributed by atoms with E-state index in [1.54, 1.807) is 11.1 Å². The number of hydrogen-bond acceptors (Lipinski definition) is 5. The fourth-order valence-electron chi connectivity index (χ4n) is 3.60. The molecule has 1 spiro atoms. The molecule has 0 N–H and O–H groups in total. The summed E-state index contributed by atoms with van der Waals surface area (Å²) in [7, 11) is 0. The second-order valence-electron chi connectivity index (χ2n) is 7.15. The van der Waals surface area contributed by atoms with Crippen LogP contribution in [0, 0.1) is 6.92 Å². The van der Waals surface area contributed by atoms with Gasteiger partial charge in [0, 0.05) is 38.2 Å². The predicted molar refractivity (Wildman–Crippen MR) is 92.2 cm³/mol. The molecule has 0 bridgehead atoms. The molecule has 2 amide bonds. The van der Waals surface area contributed by atoms with Crippen LogP contribution in [0.2, 0.25) is 0 Å². The van der Waals surface area contributed by atoms with E-state index in [1.165, 1.54) is 6.20 Å². The van der Waals surface area contributed by atoms with Crippen LogP contribution in [0.1, 0.15) is 55.7 Å². The Kier molecular flexibility index (Phi) is 4.92. The van der Waals surface area contributed by atoms with Crippen LogP contribution in [-0.2, 0) is 4.74 Å². The topological polar surface area (TPSA) is 75.6 Å². The van der Waals surface area contributed by atoms with Gasteiger partial charge in [0.1, 0.15) is 11.3 Å². The van der Waals surface area contributed by atoms with Crippen LogP contribution in [0.15, 0.2) is 12.4 Å². The smallest absolute Gasteiger partial charge is 0.410 e. The molecule has 1 aromatic heterocycles. The molecule has 2 aliphatic heterocycles. The van der Waals surface area contributed by atoms with Crippen molar-refractivity contribution in [1.29, 1.82) is 0 Å². The van der Waals surface area contributed by atoms with Crippen LogP contribution in [-0.4, -0.2) is 63.0 Å². The van der Waals surface area contributed by atoms with Crippen molar-refractivity contribution in [3.63, 3.8) is 0 Å². The summed E-state index contributed by atoms with van der Waals surface area (Å²) >= 11 is 0. The van der Waals surface area contributed by atoms with Crippen LogP contribution in [0.5, 0.6) is 0 Å². The third kappa shape index (κ3) is 3.60. The van der Waals surface area contributed by atoms with Gasteiger partial charge >= 0.3 is 6.09 Å². The lowest BCUT2D eigenvalue weighted by Crippen LogP contribution is -2.49. The van der Waals surface area contributed by atoms with E-state index >= 15 is 0 Å². The summed E-state index contributed by atoms with van der Waals surface area (Å²) in [6, 6.07) is 0.194. The van der Waals surface area contributed by atoms with Gasteiger partial charge < -0.3 is 14.5 Å². The highest BCUT2D eigenvalue weighted by atomic mass is 16.6. The van der Waals surface area contributed by atoms with Gasteiger partial charge in [-0.3, -0.25) is 9.78 Å². The zero-order valence-electron chi connectivity index (χ0n) is 15.2. The number of piperidine rings is 1. The van der Waals surface area contributed by atoms with E-state index in [1.807, 2.05) is 11.8 Å². The van der Waals surface area contributed by atoms with Gasteiger partial charge in [0.2, 0.25) is 0 Å². The summed E-state index contributed by atoms with van der Waals surface area (Å²) in [5, 5.41) is 0. The summed E-state index contributed by atoms with van der Waals surface area (Å²) in [4.78, 5) is 36.7. The van der Waals surface area contributed by atoms with Gasteiger partial charge in [-0.2, -0.15) is 0 Å². The van der Waals surface area contributed by atoms with Gasteiger partial charge in [0.25, 0.3) is 5.91 Å². The molecule has 7 heteroatoms. The number of likely N-dealkylation sites (tertiary alicyclic amines) is 1. The Hall–Kier alpha value is -2.18. The highest BCUT2D eigenvalue weighted by Gasteiger charge is 2.48. The van der Waals surface area contributed by atoms with Gasteiger partial charge in [0.15, 0.2) is 0 Å². The molecular weight excluding hydrogens is 320 g/mol. The van der Waals surface area contributed by atoms with Crippen LogP contribution in [0.3, 0.4) is 0 Å². The molecule has 7 nitrogen and oxygen atoms in total. The van der Waals surface area contributed by atoms with Crippen molar-refractivity contribution in [2.75, 3.05) is 19.6 Å². The number of amides is 2. The van der Waals surface area contributed by atoms with E-state index in [2.05, 4.69) is 23.8 Å². The third-order valence-corrected chi connectivity index (χ3v) is 5.20. The van der Waals surface area contributed by atoms with Crippen molar-refractivity contribution in [2.24, 2.45) is 0 Å². The molecule has 0 aromatic carbocycles. The van der Waals surface area contributed by atoms with Gasteiger partial charge in [-0.25, -0.2) is 9.78 Å². The summed E-state index contributed by atoms with van der Waals surface area (Å²) < 4.78 is 5.74. The SMILES string of the molecule is CCC[C@H](C)N1CC2(CCN(C(=O)c3cnc(C)cn3)CC2)OC1=O. The fraction of sp³-hybridized carbons (Fsp3) is 0.667. The monoisotopic (exact) mass is 346 g/mol. The summed E-state index contributed by atoms with van der Waals surface area (Å²) in [5.74, 6) is -0.108. The zero-order chi connectivity index (χ0) is 18.0. The molecule has 25 heavy (non-hydrogen) atoms. The van der Waals surface area contributed by atoms with Gasteiger partial charge in [-0.1, -0.05) is 13.3 Å². The number of aromatic nitrogens is 2. The first-order valence-corrected chi connectivity index (χ1v) is 9.01. The first-order chi connectivity index (χ1) is 11.9. The Morgan fingerprint density at radius 3 is 2.64 bits per heavy atom. The molecule has 1 aromatic rings. The van der Waals surface area contributed by atoms with Gasteiger partial charge in [-0.05, 0) is 20.3 Å². The minimum atomic E-state index is -0.450. The number of carbonyl (C=O) groups is 2. The number of carbonyl (C=O) groups excluding carboxylic acids is 2. The molecule has 2 fully saturated rings. The van der Waals surface area contributed by atoms with E-state index in [4.69, 9.17) is 4.74 Å². The number of rotatable bonds is 4. The van der Waals surface area contributed by atoms with Crippen molar-refractivity contribution < 1.29 is 14.3 Å². The minimum Gasteiger partial charge on any atom is -0.441 e. The number of hydrogen-bond donors (Lipinski definition) is 0. The number of nitrogens with zero attached hydrogens (tertiary/aromatic N) is 4. The van der Waals surface area contributed by atoms with E-state index in [-0.39, 0.29) is 18.0 Å². The van der Waals surface area contributed by atoms with E-state index < -0.39 is 5.60 Å². The molecule has 0 saturated carbocycles. The van der Waals surface area contributed by atoms with E-state index in [9.17, 15) is 9.59 Å². The van der Waals surface area contributed by atoms with Crippen molar-refractivity contribution in [1.82, 2.24) is 19.8 Å². The fourth-order valence-corrected chi connectivity index (χ4v) is 3.60. The Labute approximate surface area is 148 Å². The normalized spacial score (nSPS) is 20.7. The third-order valence-electron chi connectivity index (χ3n) is 5.20. The highest BCUT2D eigenvalue weighted by molar-refractivity contribution is 5.92. The quantitative estimate of drug-likeness (QED) is 0.837. The van der Waals surface area contributed by atoms with Crippen molar-refractivity contribution in [3.05, 3.63) is 23.8 Å². The molecule has 136 valence electrons. The van der Waals surface area contributed by atoms with Gasteiger partial charge in [0.05, 0.1) is 18.4 Å². The van der Waals surface area contributed by atoms with Crippen molar-refractivity contribution in [2.45, 2.75) is 58.1 Å². The summed E-state index contributed by atoms with van der Waals surface area (Å²) in [5.41, 5.74) is 0.700. The second-order valence-corrected chi connectivity index (χ2v) is 7.15. The summed E-state index contributed by atoms with van der Waals surface area (Å²) in [6.07, 6.45) is 6.25. The lowest BCUT2D eigenvalue weighted by Gasteiger charge is -2.37. The number of ether oxygens (including phenoxy) is 1. The molecule has 2 saturated heterocycles. The van der Waals surface area contributed by atoms with Crippen LogP contribution in [0.4, 0.5) is 4.79 Å². The first kappa shape index (κ1) is 17.6. The first-order valence-electron chi connectivity index (χ1n) is 9.01. The molecule has 3 rings (SSSR count). The van der Waals surface area contributed by atoms with E-state index in [0.29, 0.717) is 38.2 Å². The minimum absolute atomic E-state index is 0.108. The second kappa shape index (κ2) is 6.98. The maximum absolute atomic E-state index is 12.5. The Balaban J connectivity index is 1.61. The molecule has 3 heterocycles. The zero-order valence-corrected chi connectivity index (χ0v) is 15.2. The largest absolute Gasteiger partial charge is 0.441 e. The highest BCUT2D eigenvalue weighted by Crippen LogP contribution is 2.35. The average Bonchev–Trinajstić information content (AvgIpc) is 2.92. The molecule has 2 aliphatic rings. The number of aryl methyl sites for hydroxylation is 1. The maximum atomic E-state index is 12.5. The lowest BCUT2D eigenvalue weighted by atomic mass is 9.90. The molecular formula is C18H26N4O3. The molecule has 0 radical (unpaired) electrons. The summed E-state index contributed by atoms with van der Waals surface area (Å²) in [6.45, 7) is 7.78. The van der Waals surface area contributed by atoms with Crippen molar-refractivity contribution >= 4 is 12.0 Å². The maximum Gasteiger partial charge on any atom is 0.410 e. The van der Waals surface area contributed by atoms with Crippen LogP contribution in [0.25, 0.3) is 0 Å². The Bertz CT molecular complexity index is 638. The van der Waals surface area contributed by atoms with Crippen LogP contribution < -0.4 is 0 Å². The van der Waals surface area contributed by atoms with E-state index in [0.717, 1.165) is 18.5 Å². The average molecular weight is 346 g/mol. The lowest BCUT2D eigenvalue weighted by molar-refractivity contribution is 0.00288. The molecule has 1 atom stereocenters. The molecule has 0 aliphatic carbocycles.